The standard InChI is InChI=1S/C8H12F2/c1-6-5-8(9,10)7(6)3-2-4-7/h6H,2-5H2,1H3. The van der Waals surface area contributed by atoms with Crippen LogP contribution in [0.1, 0.15) is 32.6 Å². The van der Waals surface area contributed by atoms with Gasteiger partial charge in [-0.1, -0.05) is 13.3 Å². The molecule has 2 fully saturated rings. The summed E-state index contributed by atoms with van der Waals surface area (Å²) in [5.41, 5.74) is -0.535. The fraction of sp³-hybridized carbons (Fsp3) is 1.00. The molecule has 0 heterocycles. The molecule has 0 aromatic rings. The van der Waals surface area contributed by atoms with Gasteiger partial charge in [-0.3, -0.25) is 0 Å². The summed E-state index contributed by atoms with van der Waals surface area (Å²) in [5, 5.41) is 0. The summed E-state index contributed by atoms with van der Waals surface area (Å²) in [7, 11) is 0. The summed E-state index contributed by atoms with van der Waals surface area (Å²) in [6, 6.07) is 0. The molecule has 1 spiro atoms. The van der Waals surface area contributed by atoms with Gasteiger partial charge in [0, 0.05) is 11.8 Å². The van der Waals surface area contributed by atoms with Crippen LogP contribution in [0.2, 0.25) is 0 Å². The van der Waals surface area contributed by atoms with E-state index in [1.165, 1.54) is 0 Å². The number of hydrogen-bond donors (Lipinski definition) is 0. The maximum absolute atomic E-state index is 12.9. The number of halogens is 2. The Labute approximate surface area is 59.6 Å². The molecule has 1 unspecified atom stereocenters. The molecular weight excluding hydrogens is 134 g/mol. The van der Waals surface area contributed by atoms with Gasteiger partial charge in [-0.15, -0.1) is 0 Å². The minimum absolute atomic E-state index is 0.132. The first-order chi connectivity index (χ1) is 4.58. The third kappa shape index (κ3) is 0.477. The lowest BCUT2D eigenvalue weighted by molar-refractivity contribution is -0.272. The van der Waals surface area contributed by atoms with Crippen molar-refractivity contribution in [2.24, 2.45) is 11.3 Å². The maximum atomic E-state index is 12.9. The third-order valence-corrected chi connectivity index (χ3v) is 3.48. The largest absolute Gasteiger partial charge is 0.254 e. The van der Waals surface area contributed by atoms with Crippen LogP contribution in [-0.4, -0.2) is 5.92 Å². The zero-order chi connectivity index (χ0) is 7.41. The van der Waals surface area contributed by atoms with Crippen molar-refractivity contribution >= 4 is 0 Å². The molecule has 1 atom stereocenters. The average molecular weight is 146 g/mol. The van der Waals surface area contributed by atoms with Gasteiger partial charge in [0.25, 0.3) is 5.92 Å². The molecule has 0 aromatic carbocycles. The average Bonchev–Trinajstić information content (AvgIpc) is 1.55. The van der Waals surface area contributed by atoms with E-state index in [1.807, 2.05) is 6.92 Å². The van der Waals surface area contributed by atoms with Gasteiger partial charge in [-0.25, -0.2) is 8.78 Å². The molecule has 0 N–H and O–H groups in total. The molecule has 2 aliphatic carbocycles. The molecule has 0 aliphatic heterocycles. The predicted molar refractivity (Wildman–Crippen MR) is 35.0 cm³/mol. The second-order valence-electron chi connectivity index (χ2n) is 3.82. The second kappa shape index (κ2) is 1.54. The second-order valence-corrected chi connectivity index (χ2v) is 3.82. The van der Waals surface area contributed by atoms with Gasteiger partial charge < -0.3 is 0 Å². The van der Waals surface area contributed by atoms with Crippen molar-refractivity contribution < 1.29 is 8.78 Å². The Morgan fingerprint density at radius 1 is 1.30 bits per heavy atom. The summed E-state index contributed by atoms with van der Waals surface area (Å²) in [6.45, 7) is 1.95. The van der Waals surface area contributed by atoms with E-state index in [1.54, 1.807) is 0 Å². The van der Waals surface area contributed by atoms with Gasteiger partial charge in [0.05, 0.1) is 0 Å². The molecule has 2 rings (SSSR count). The normalized spacial score (nSPS) is 40.5. The maximum Gasteiger partial charge on any atom is 0.254 e. The van der Waals surface area contributed by atoms with Crippen LogP contribution >= 0.6 is 0 Å². The Morgan fingerprint density at radius 3 is 2.00 bits per heavy atom. The first kappa shape index (κ1) is 6.56. The van der Waals surface area contributed by atoms with Crippen molar-refractivity contribution in [3.8, 4) is 0 Å². The van der Waals surface area contributed by atoms with Gasteiger partial charge in [-0.05, 0) is 18.8 Å². The molecule has 10 heavy (non-hydrogen) atoms. The van der Waals surface area contributed by atoms with Gasteiger partial charge in [0.15, 0.2) is 0 Å². The Bertz CT molecular complexity index is 159. The van der Waals surface area contributed by atoms with E-state index in [9.17, 15) is 8.78 Å². The van der Waals surface area contributed by atoms with E-state index in [0.29, 0.717) is 0 Å². The molecule has 0 bridgehead atoms. The van der Waals surface area contributed by atoms with Crippen LogP contribution in [0.15, 0.2) is 0 Å². The molecule has 2 heteroatoms. The van der Waals surface area contributed by atoms with Crippen LogP contribution in [0, 0.1) is 11.3 Å². The van der Waals surface area contributed by atoms with Gasteiger partial charge in [0.1, 0.15) is 0 Å². The highest BCUT2D eigenvalue weighted by atomic mass is 19.3. The summed E-state index contributed by atoms with van der Waals surface area (Å²) in [5.74, 6) is -2.04. The summed E-state index contributed by atoms with van der Waals surface area (Å²) < 4.78 is 25.8. The highest BCUT2D eigenvalue weighted by Gasteiger charge is 2.68. The van der Waals surface area contributed by atoms with Crippen molar-refractivity contribution in [2.75, 3.05) is 0 Å². The van der Waals surface area contributed by atoms with Crippen LogP contribution in [0.3, 0.4) is 0 Å². The molecule has 0 aromatic heterocycles. The highest BCUT2D eigenvalue weighted by Crippen LogP contribution is 2.67. The molecule has 0 amide bonds. The van der Waals surface area contributed by atoms with Crippen molar-refractivity contribution in [3.05, 3.63) is 0 Å². The van der Waals surface area contributed by atoms with E-state index < -0.39 is 11.3 Å². The Morgan fingerprint density at radius 2 is 1.90 bits per heavy atom. The fourth-order valence-corrected chi connectivity index (χ4v) is 2.43. The third-order valence-electron chi connectivity index (χ3n) is 3.48. The Balaban J connectivity index is 2.18. The molecular formula is C8H12F2. The van der Waals surface area contributed by atoms with Crippen LogP contribution in [0.4, 0.5) is 8.78 Å². The molecule has 0 nitrogen and oxygen atoms in total. The highest BCUT2D eigenvalue weighted by molar-refractivity contribution is 5.10. The smallest absolute Gasteiger partial charge is 0.206 e. The van der Waals surface area contributed by atoms with E-state index in [-0.39, 0.29) is 12.3 Å². The van der Waals surface area contributed by atoms with Crippen molar-refractivity contribution in [1.29, 1.82) is 0 Å². The minimum atomic E-state index is -2.31. The number of alkyl halides is 2. The first-order valence-electron chi connectivity index (χ1n) is 3.96. The van der Waals surface area contributed by atoms with E-state index in [2.05, 4.69) is 0 Å². The molecule has 58 valence electrons. The molecule has 2 saturated carbocycles. The van der Waals surface area contributed by atoms with Crippen molar-refractivity contribution in [2.45, 2.75) is 38.5 Å². The fourth-order valence-electron chi connectivity index (χ4n) is 2.43. The topological polar surface area (TPSA) is 0 Å². The lowest BCUT2D eigenvalue weighted by Crippen LogP contribution is -2.61. The lowest BCUT2D eigenvalue weighted by atomic mass is 9.48. The summed E-state index contributed by atoms with van der Waals surface area (Å²) in [4.78, 5) is 0. The molecule has 2 aliphatic rings. The lowest BCUT2D eigenvalue weighted by Gasteiger charge is -2.60. The van der Waals surface area contributed by atoms with Crippen LogP contribution in [-0.2, 0) is 0 Å². The van der Waals surface area contributed by atoms with Gasteiger partial charge >= 0.3 is 0 Å². The number of hydrogen-bond acceptors (Lipinski definition) is 0. The Kier molecular flexibility index (Phi) is 1.01. The summed E-state index contributed by atoms with van der Waals surface area (Å²) in [6.07, 6.45) is 2.68. The van der Waals surface area contributed by atoms with Crippen LogP contribution in [0.25, 0.3) is 0 Å². The zero-order valence-electron chi connectivity index (χ0n) is 6.16. The van der Waals surface area contributed by atoms with Crippen molar-refractivity contribution in [1.82, 2.24) is 0 Å². The van der Waals surface area contributed by atoms with E-state index >= 15 is 0 Å². The predicted octanol–water partition coefficient (Wildman–Crippen LogP) is 2.83. The molecule has 0 radical (unpaired) electrons. The summed E-state index contributed by atoms with van der Waals surface area (Å²) >= 11 is 0. The first-order valence-corrected chi connectivity index (χ1v) is 3.96. The van der Waals surface area contributed by atoms with E-state index in [0.717, 1.165) is 19.3 Å². The number of rotatable bonds is 0. The van der Waals surface area contributed by atoms with Gasteiger partial charge in [0.2, 0.25) is 0 Å². The SMILES string of the molecule is CC1CC(F)(F)C12CCC2. The van der Waals surface area contributed by atoms with Crippen molar-refractivity contribution in [3.63, 3.8) is 0 Å². The zero-order valence-corrected chi connectivity index (χ0v) is 6.16. The van der Waals surface area contributed by atoms with Gasteiger partial charge in [-0.2, -0.15) is 0 Å². The van der Waals surface area contributed by atoms with Crippen LogP contribution in [0.5, 0.6) is 0 Å². The Hall–Kier alpha value is -0.140. The minimum Gasteiger partial charge on any atom is -0.206 e. The quantitative estimate of drug-likeness (QED) is 0.493. The monoisotopic (exact) mass is 146 g/mol. The van der Waals surface area contributed by atoms with Crippen LogP contribution < -0.4 is 0 Å². The molecule has 0 saturated heterocycles. The van der Waals surface area contributed by atoms with E-state index in [4.69, 9.17) is 0 Å².